The molecule has 0 spiro atoms. The van der Waals surface area contributed by atoms with E-state index in [1.165, 1.54) is 0 Å². The minimum Gasteiger partial charge on any atom is -0.380 e. The zero-order chi connectivity index (χ0) is 13.6. The molecule has 1 heterocycles. The third-order valence-corrected chi connectivity index (χ3v) is 3.48. The second-order valence-corrected chi connectivity index (χ2v) is 6.52. The highest BCUT2D eigenvalue weighted by atomic mass is 16.5. The minimum absolute atomic E-state index is 0.0868. The van der Waals surface area contributed by atoms with Crippen molar-refractivity contribution in [2.75, 3.05) is 26.8 Å². The molecule has 0 saturated carbocycles. The standard InChI is InChI=1S/C14H28N2O2/c1-13(2,3)7-8-16-14(10-12(17)15-4)6-5-9-18-11-14/h16H,5-11H2,1-4H3,(H,15,17). The fraction of sp³-hybridized carbons (Fsp3) is 0.929. The van der Waals surface area contributed by atoms with E-state index < -0.39 is 0 Å². The van der Waals surface area contributed by atoms with Gasteiger partial charge in [0.05, 0.1) is 12.1 Å². The van der Waals surface area contributed by atoms with E-state index in [4.69, 9.17) is 4.74 Å². The van der Waals surface area contributed by atoms with Crippen molar-refractivity contribution >= 4 is 5.91 Å². The molecular formula is C14H28N2O2. The molecule has 4 nitrogen and oxygen atoms in total. The number of carbonyl (C=O) groups excluding carboxylic acids is 1. The van der Waals surface area contributed by atoms with Crippen molar-refractivity contribution in [1.82, 2.24) is 10.6 Å². The van der Waals surface area contributed by atoms with Gasteiger partial charge in [-0.25, -0.2) is 0 Å². The van der Waals surface area contributed by atoms with Crippen LogP contribution in [0.4, 0.5) is 0 Å². The number of hydrogen-bond acceptors (Lipinski definition) is 3. The lowest BCUT2D eigenvalue weighted by Crippen LogP contribution is -2.54. The van der Waals surface area contributed by atoms with Gasteiger partial charge in [-0.2, -0.15) is 0 Å². The van der Waals surface area contributed by atoms with Gasteiger partial charge in [-0.15, -0.1) is 0 Å². The molecule has 1 amide bonds. The normalized spacial score (nSPS) is 24.9. The lowest BCUT2D eigenvalue weighted by atomic mass is 9.86. The summed E-state index contributed by atoms with van der Waals surface area (Å²) < 4.78 is 5.57. The topological polar surface area (TPSA) is 50.4 Å². The summed E-state index contributed by atoms with van der Waals surface area (Å²) >= 11 is 0. The van der Waals surface area contributed by atoms with E-state index in [0.29, 0.717) is 18.4 Å². The Morgan fingerprint density at radius 1 is 1.39 bits per heavy atom. The van der Waals surface area contributed by atoms with Crippen molar-refractivity contribution in [3.05, 3.63) is 0 Å². The molecule has 0 radical (unpaired) electrons. The van der Waals surface area contributed by atoms with Crippen molar-refractivity contribution in [2.45, 2.75) is 52.0 Å². The Hall–Kier alpha value is -0.610. The Kier molecular flexibility index (Phi) is 5.60. The average molecular weight is 256 g/mol. The van der Waals surface area contributed by atoms with Crippen molar-refractivity contribution in [2.24, 2.45) is 5.41 Å². The minimum atomic E-state index is -0.163. The van der Waals surface area contributed by atoms with Gasteiger partial charge in [0.1, 0.15) is 0 Å². The van der Waals surface area contributed by atoms with Gasteiger partial charge in [-0.05, 0) is 31.2 Å². The summed E-state index contributed by atoms with van der Waals surface area (Å²) in [5.41, 5.74) is 0.153. The summed E-state index contributed by atoms with van der Waals surface area (Å²) in [7, 11) is 1.69. The van der Waals surface area contributed by atoms with Crippen LogP contribution < -0.4 is 10.6 Å². The SMILES string of the molecule is CNC(=O)CC1(NCCC(C)(C)C)CCCOC1. The van der Waals surface area contributed by atoms with Gasteiger partial charge >= 0.3 is 0 Å². The summed E-state index contributed by atoms with van der Waals surface area (Å²) in [5, 5.41) is 6.28. The number of nitrogens with one attached hydrogen (secondary N) is 2. The molecule has 1 unspecified atom stereocenters. The first-order chi connectivity index (χ1) is 8.37. The number of carbonyl (C=O) groups is 1. The van der Waals surface area contributed by atoms with Gasteiger partial charge in [0, 0.05) is 20.1 Å². The van der Waals surface area contributed by atoms with Gasteiger partial charge in [0.25, 0.3) is 0 Å². The van der Waals surface area contributed by atoms with Gasteiger partial charge in [-0.3, -0.25) is 4.79 Å². The van der Waals surface area contributed by atoms with Gasteiger partial charge in [0.15, 0.2) is 0 Å². The molecule has 2 N–H and O–H groups in total. The highest BCUT2D eigenvalue weighted by Gasteiger charge is 2.34. The Balaban J connectivity index is 2.52. The quantitative estimate of drug-likeness (QED) is 0.787. The molecule has 1 atom stereocenters. The van der Waals surface area contributed by atoms with Crippen molar-refractivity contribution in [3.63, 3.8) is 0 Å². The molecule has 1 aliphatic heterocycles. The van der Waals surface area contributed by atoms with Crippen LogP contribution in [0.2, 0.25) is 0 Å². The number of hydrogen-bond donors (Lipinski definition) is 2. The summed E-state index contributed by atoms with van der Waals surface area (Å²) in [5.74, 6) is 0.0868. The molecular weight excluding hydrogens is 228 g/mol. The summed E-state index contributed by atoms with van der Waals surface area (Å²) in [4.78, 5) is 11.6. The van der Waals surface area contributed by atoms with Crippen LogP contribution in [-0.2, 0) is 9.53 Å². The zero-order valence-corrected chi connectivity index (χ0v) is 12.3. The second-order valence-electron chi connectivity index (χ2n) is 6.52. The van der Waals surface area contributed by atoms with Crippen LogP contribution in [0.15, 0.2) is 0 Å². The Morgan fingerprint density at radius 3 is 2.61 bits per heavy atom. The Labute approximate surface area is 111 Å². The third kappa shape index (κ3) is 5.36. The molecule has 1 rings (SSSR count). The number of amides is 1. The van der Waals surface area contributed by atoms with Crippen LogP contribution in [0.5, 0.6) is 0 Å². The average Bonchev–Trinajstić information content (AvgIpc) is 2.28. The first-order valence-corrected chi connectivity index (χ1v) is 6.90. The predicted octanol–water partition coefficient (Wildman–Crippen LogP) is 1.70. The lowest BCUT2D eigenvalue weighted by molar-refractivity contribution is -0.123. The molecule has 18 heavy (non-hydrogen) atoms. The highest BCUT2D eigenvalue weighted by molar-refractivity contribution is 5.76. The molecule has 0 bridgehead atoms. The van der Waals surface area contributed by atoms with Crippen molar-refractivity contribution in [3.8, 4) is 0 Å². The van der Waals surface area contributed by atoms with Crippen LogP contribution in [0, 0.1) is 5.41 Å². The van der Waals surface area contributed by atoms with Crippen molar-refractivity contribution < 1.29 is 9.53 Å². The van der Waals surface area contributed by atoms with Crippen LogP contribution in [0.3, 0.4) is 0 Å². The third-order valence-electron chi connectivity index (χ3n) is 3.48. The van der Waals surface area contributed by atoms with Gasteiger partial charge in [0.2, 0.25) is 5.91 Å². The van der Waals surface area contributed by atoms with Gasteiger partial charge in [-0.1, -0.05) is 20.8 Å². The van der Waals surface area contributed by atoms with Crippen LogP contribution in [-0.4, -0.2) is 38.3 Å². The lowest BCUT2D eigenvalue weighted by Gasteiger charge is -2.38. The molecule has 0 aromatic rings. The zero-order valence-electron chi connectivity index (χ0n) is 12.3. The monoisotopic (exact) mass is 256 g/mol. The first-order valence-electron chi connectivity index (χ1n) is 6.90. The summed E-state index contributed by atoms with van der Waals surface area (Å²) in [6.45, 7) is 9.09. The fourth-order valence-corrected chi connectivity index (χ4v) is 2.29. The number of rotatable bonds is 5. The van der Waals surface area contributed by atoms with Crippen LogP contribution >= 0.6 is 0 Å². The summed E-state index contributed by atoms with van der Waals surface area (Å²) in [6, 6.07) is 0. The molecule has 0 aliphatic carbocycles. The maximum Gasteiger partial charge on any atom is 0.221 e. The van der Waals surface area contributed by atoms with E-state index in [-0.39, 0.29) is 11.4 Å². The molecule has 1 saturated heterocycles. The maximum atomic E-state index is 11.6. The summed E-state index contributed by atoms with van der Waals surface area (Å²) in [6.07, 6.45) is 3.65. The van der Waals surface area contributed by atoms with E-state index in [0.717, 1.165) is 32.4 Å². The maximum absolute atomic E-state index is 11.6. The van der Waals surface area contributed by atoms with E-state index in [2.05, 4.69) is 31.4 Å². The molecule has 0 aromatic heterocycles. The van der Waals surface area contributed by atoms with E-state index in [9.17, 15) is 4.79 Å². The Bertz CT molecular complexity index is 265. The fourth-order valence-electron chi connectivity index (χ4n) is 2.29. The second kappa shape index (κ2) is 6.53. The molecule has 1 fully saturated rings. The molecule has 1 aliphatic rings. The van der Waals surface area contributed by atoms with Crippen molar-refractivity contribution in [1.29, 1.82) is 0 Å². The Morgan fingerprint density at radius 2 is 2.11 bits per heavy atom. The van der Waals surface area contributed by atoms with E-state index in [1.54, 1.807) is 7.05 Å². The van der Waals surface area contributed by atoms with Crippen LogP contribution in [0.1, 0.15) is 46.5 Å². The molecule has 0 aromatic carbocycles. The largest absolute Gasteiger partial charge is 0.380 e. The van der Waals surface area contributed by atoms with E-state index >= 15 is 0 Å². The smallest absolute Gasteiger partial charge is 0.221 e. The first kappa shape index (κ1) is 15.4. The van der Waals surface area contributed by atoms with Gasteiger partial charge < -0.3 is 15.4 Å². The highest BCUT2D eigenvalue weighted by Crippen LogP contribution is 2.24. The van der Waals surface area contributed by atoms with Crippen LogP contribution in [0.25, 0.3) is 0 Å². The predicted molar refractivity (Wildman–Crippen MR) is 73.5 cm³/mol. The van der Waals surface area contributed by atoms with E-state index in [1.807, 2.05) is 0 Å². The molecule has 106 valence electrons. The number of ether oxygens (including phenoxy) is 1. The molecule has 4 heteroatoms.